The lowest BCUT2D eigenvalue weighted by Crippen LogP contribution is -2.54. The molecule has 0 unspecified atom stereocenters. The Morgan fingerprint density at radius 1 is 1.33 bits per heavy atom. The number of guanidine groups is 1. The summed E-state index contributed by atoms with van der Waals surface area (Å²) in [5, 5.41) is 18.0. The summed E-state index contributed by atoms with van der Waals surface area (Å²) in [6, 6.07) is 10.6. The van der Waals surface area contributed by atoms with E-state index in [9.17, 15) is 4.79 Å². The minimum absolute atomic E-state index is 0.119. The van der Waals surface area contributed by atoms with Crippen LogP contribution in [-0.4, -0.2) is 37.0 Å². The van der Waals surface area contributed by atoms with Crippen LogP contribution in [0.3, 0.4) is 0 Å². The molecule has 7 heteroatoms. The number of hydrogen-bond donors (Lipinski definition) is 4. The quantitative estimate of drug-likeness (QED) is 0.355. The third kappa shape index (κ3) is 5.44. The van der Waals surface area contributed by atoms with Gasteiger partial charge in [0.15, 0.2) is 0 Å². The number of nitrogens with one attached hydrogen (secondary N) is 3. The van der Waals surface area contributed by atoms with Crippen LogP contribution in [0, 0.1) is 11.5 Å². The third-order valence-electron chi connectivity index (χ3n) is 5.24. The summed E-state index contributed by atoms with van der Waals surface area (Å²) in [6.45, 7) is 3.99. The molecule has 2 rings (SSSR count). The van der Waals surface area contributed by atoms with Crippen molar-refractivity contribution in [1.29, 1.82) is 5.26 Å². The summed E-state index contributed by atoms with van der Waals surface area (Å²) in [6.07, 6.45) is 5.48. The fourth-order valence-electron chi connectivity index (χ4n) is 3.55. The van der Waals surface area contributed by atoms with Gasteiger partial charge in [-0.05, 0) is 45.1 Å². The molecule has 1 fully saturated rings. The zero-order chi connectivity index (χ0) is 19.9. The monoisotopic (exact) mass is 370 g/mol. The van der Waals surface area contributed by atoms with Gasteiger partial charge in [-0.3, -0.25) is 4.79 Å². The van der Waals surface area contributed by atoms with Crippen LogP contribution in [0.1, 0.15) is 45.1 Å². The topological polar surface area (TPSA) is 115 Å². The second kappa shape index (κ2) is 8.87. The Morgan fingerprint density at radius 3 is 2.48 bits per heavy atom. The first kappa shape index (κ1) is 20.7. The van der Waals surface area contributed by atoms with Crippen molar-refractivity contribution in [2.24, 2.45) is 10.7 Å². The minimum Gasteiger partial charge on any atom is -0.359 e. The predicted molar refractivity (Wildman–Crippen MR) is 107 cm³/mol. The molecule has 0 heterocycles. The van der Waals surface area contributed by atoms with Gasteiger partial charge in [0.25, 0.3) is 0 Å². The van der Waals surface area contributed by atoms with Crippen molar-refractivity contribution in [3.05, 3.63) is 35.9 Å². The Morgan fingerprint density at radius 2 is 1.96 bits per heavy atom. The zero-order valence-electron chi connectivity index (χ0n) is 16.4. The van der Waals surface area contributed by atoms with Crippen LogP contribution in [0.4, 0.5) is 0 Å². The van der Waals surface area contributed by atoms with Gasteiger partial charge in [-0.2, -0.15) is 5.26 Å². The lowest BCUT2D eigenvalue weighted by atomic mass is 9.68. The molecule has 5 N–H and O–H groups in total. The van der Waals surface area contributed by atoms with Crippen molar-refractivity contribution in [1.82, 2.24) is 16.0 Å². The number of aliphatic imine (C=N–C) groups is 1. The molecule has 0 saturated heterocycles. The second-order valence-corrected chi connectivity index (χ2v) is 7.78. The molecule has 1 aromatic carbocycles. The highest BCUT2D eigenvalue weighted by Gasteiger charge is 2.38. The summed E-state index contributed by atoms with van der Waals surface area (Å²) >= 11 is 0. The first-order chi connectivity index (χ1) is 12.8. The normalized spacial score (nSPS) is 23.2. The number of amides is 1. The first-order valence-corrected chi connectivity index (χ1v) is 9.34. The van der Waals surface area contributed by atoms with Gasteiger partial charge >= 0.3 is 0 Å². The fourth-order valence-corrected chi connectivity index (χ4v) is 3.55. The standard InChI is InChI=1S/C20H30N6O/c1-19(2,22)17(27)24-13-20(15-7-5-4-6-8-15)11-9-16(10-12-20)26-18(23-3)25-14-21/h4-8,16H,9-13,22H2,1-3H3,(H,24,27)(H2,23,25,26)/t16-,20-. The van der Waals surface area contributed by atoms with E-state index >= 15 is 0 Å². The van der Waals surface area contributed by atoms with Gasteiger partial charge in [0, 0.05) is 25.0 Å². The molecule has 0 spiro atoms. The van der Waals surface area contributed by atoms with E-state index in [-0.39, 0.29) is 17.4 Å². The number of nitrogens with two attached hydrogens (primary N) is 1. The summed E-state index contributed by atoms with van der Waals surface area (Å²) in [5.41, 5.74) is 6.15. The number of benzene rings is 1. The number of nitriles is 1. The van der Waals surface area contributed by atoms with E-state index in [4.69, 9.17) is 11.0 Å². The van der Waals surface area contributed by atoms with E-state index in [1.54, 1.807) is 27.1 Å². The fraction of sp³-hybridized carbons (Fsp3) is 0.550. The molecule has 1 aromatic rings. The maximum absolute atomic E-state index is 12.3. The number of carbonyl (C=O) groups is 1. The van der Waals surface area contributed by atoms with E-state index in [2.05, 4.69) is 33.1 Å². The highest BCUT2D eigenvalue weighted by Crippen LogP contribution is 2.39. The van der Waals surface area contributed by atoms with E-state index in [1.165, 1.54) is 5.56 Å². The molecule has 0 atom stereocenters. The Labute approximate surface area is 161 Å². The highest BCUT2D eigenvalue weighted by atomic mass is 16.2. The predicted octanol–water partition coefficient (Wildman–Crippen LogP) is 1.37. The van der Waals surface area contributed by atoms with Gasteiger partial charge in [-0.25, -0.2) is 0 Å². The van der Waals surface area contributed by atoms with Crippen molar-refractivity contribution in [2.75, 3.05) is 13.6 Å². The van der Waals surface area contributed by atoms with Gasteiger partial charge in [0.2, 0.25) is 18.1 Å². The zero-order valence-corrected chi connectivity index (χ0v) is 16.4. The van der Waals surface area contributed by atoms with Crippen LogP contribution in [0.5, 0.6) is 0 Å². The minimum atomic E-state index is -0.897. The smallest absolute Gasteiger partial charge is 0.239 e. The van der Waals surface area contributed by atoms with Crippen molar-refractivity contribution < 1.29 is 4.79 Å². The van der Waals surface area contributed by atoms with Crippen LogP contribution < -0.4 is 21.7 Å². The molecule has 0 aromatic heterocycles. The molecule has 27 heavy (non-hydrogen) atoms. The van der Waals surface area contributed by atoms with Crippen molar-refractivity contribution in [3.8, 4) is 6.19 Å². The first-order valence-electron chi connectivity index (χ1n) is 9.34. The van der Waals surface area contributed by atoms with Gasteiger partial charge in [0.05, 0.1) is 5.54 Å². The SMILES string of the molecule is CN/C(=N\C#N)N[C@H]1CC[C@](CNC(=O)C(C)(C)N)(c2ccccc2)CC1. The van der Waals surface area contributed by atoms with Gasteiger partial charge in [-0.15, -0.1) is 4.99 Å². The summed E-state index contributed by atoms with van der Waals surface area (Å²) in [7, 11) is 1.74. The molecule has 0 radical (unpaired) electrons. The lowest BCUT2D eigenvalue weighted by molar-refractivity contribution is -0.125. The summed E-state index contributed by atoms with van der Waals surface area (Å²) in [4.78, 5) is 16.0. The average Bonchev–Trinajstić information content (AvgIpc) is 2.67. The van der Waals surface area contributed by atoms with E-state index in [1.807, 2.05) is 18.2 Å². The van der Waals surface area contributed by atoms with Crippen LogP contribution in [0.2, 0.25) is 0 Å². The maximum Gasteiger partial charge on any atom is 0.239 e. The molecule has 1 aliphatic carbocycles. The Kier molecular flexibility index (Phi) is 6.81. The van der Waals surface area contributed by atoms with E-state index < -0.39 is 5.54 Å². The lowest BCUT2D eigenvalue weighted by Gasteiger charge is -2.41. The van der Waals surface area contributed by atoms with Crippen LogP contribution in [0.15, 0.2) is 35.3 Å². The second-order valence-electron chi connectivity index (χ2n) is 7.78. The number of hydrogen-bond acceptors (Lipinski definition) is 4. The third-order valence-corrected chi connectivity index (χ3v) is 5.24. The van der Waals surface area contributed by atoms with Gasteiger partial charge in [0.1, 0.15) is 0 Å². The number of rotatable bonds is 5. The van der Waals surface area contributed by atoms with Gasteiger partial charge in [-0.1, -0.05) is 30.3 Å². The number of nitrogens with zero attached hydrogens (tertiary/aromatic N) is 2. The van der Waals surface area contributed by atoms with Crippen LogP contribution in [-0.2, 0) is 10.2 Å². The molecular formula is C20H30N6O. The molecule has 0 bridgehead atoms. The molecule has 1 amide bonds. The van der Waals surface area contributed by atoms with Crippen molar-refractivity contribution >= 4 is 11.9 Å². The number of carbonyl (C=O) groups excluding carboxylic acids is 1. The molecule has 1 aliphatic rings. The Bertz CT molecular complexity index is 693. The largest absolute Gasteiger partial charge is 0.359 e. The molecule has 1 saturated carbocycles. The van der Waals surface area contributed by atoms with Gasteiger partial charge < -0.3 is 21.7 Å². The van der Waals surface area contributed by atoms with Crippen LogP contribution >= 0.6 is 0 Å². The van der Waals surface area contributed by atoms with E-state index in [0.29, 0.717) is 12.5 Å². The highest BCUT2D eigenvalue weighted by molar-refractivity contribution is 5.85. The Hall–Kier alpha value is -2.59. The Balaban J connectivity index is 2.11. The molecule has 0 aliphatic heterocycles. The molecule has 7 nitrogen and oxygen atoms in total. The summed E-state index contributed by atoms with van der Waals surface area (Å²) < 4.78 is 0. The van der Waals surface area contributed by atoms with E-state index in [0.717, 1.165) is 25.7 Å². The van der Waals surface area contributed by atoms with Crippen molar-refractivity contribution in [2.45, 2.75) is 56.5 Å². The van der Waals surface area contributed by atoms with Crippen molar-refractivity contribution in [3.63, 3.8) is 0 Å². The molecular weight excluding hydrogens is 340 g/mol. The average molecular weight is 371 g/mol. The van der Waals surface area contributed by atoms with Crippen LogP contribution in [0.25, 0.3) is 0 Å². The summed E-state index contributed by atoms with van der Waals surface area (Å²) in [5.74, 6) is 0.351. The molecule has 146 valence electrons. The maximum atomic E-state index is 12.3.